The lowest BCUT2D eigenvalue weighted by Crippen LogP contribution is -2.14. The van der Waals surface area contributed by atoms with E-state index in [1.54, 1.807) is 18.3 Å². The molecule has 0 saturated carbocycles. The van der Waals surface area contributed by atoms with Crippen LogP contribution in [0.2, 0.25) is 0 Å². The number of nitrogens with zero attached hydrogens (tertiary/aromatic N) is 1. The van der Waals surface area contributed by atoms with Crippen LogP contribution in [-0.2, 0) is 16.4 Å². The number of primary sulfonamides is 1. The van der Waals surface area contributed by atoms with Crippen LogP contribution in [0.4, 0.5) is 0 Å². The molecule has 0 fully saturated rings. The summed E-state index contributed by atoms with van der Waals surface area (Å²) < 4.78 is 23.0. The Kier molecular flexibility index (Phi) is 5.25. The average Bonchev–Trinajstić information content (AvgIpc) is 2.34. The van der Waals surface area contributed by atoms with E-state index in [0.29, 0.717) is 5.39 Å². The molecule has 19 heavy (non-hydrogen) atoms. The van der Waals surface area contributed by atoms with E-state index >= 15 is 0 Å². The van der Waals surface area contributed by atoms with Gasteiger partial charge in [0.2, 0.25) is 10.0 Å². The van der Waals surface area contributed by atoms with Crippen LogP contribution in [0.1, 0.15) is 5.69 Å². The van der Waals surface area contributed by atoms with Crippen molar-refractivity contribution in [3.63, 3.8) is 0 Å². The Hall–Kier alpha value is -1.21. The van der Waals surface area contributed by atoms with Crippen LogP contribution >= 0.6 is 12.4 Å². The van der Waals surface area contributed by atoms with E-state index in [2.05, 4.69) is 10.3 Å². The minimum absolute atomic E-state index is 0. The molecule has 1 aromatic heterocycles. The van der Waals surface area contributed by atoms with Crippen LogP contribution in [0, 0.1) is 0 Å². The number of rotatable bonds is 4. The van der Waals surface area contributed by atoms with E-state index in [9.17, 15) is 8.42 Å². The summed E-state index contributed by atoms with van der Waals surface area (Å²) in [6.45, 7) is 0.783. The van der Waals surface area contributed by atoms with Gasteiger partial charge in [-0.1, -0.05) is 12.1 Å². The molecule has 2 rings (SSSR count). The number of sulfonamides is 1. The number of fused-ring (bicyclic) bond motifs is 1. The van der Waals surface area contributed by atoms with Crippen molar-refractivity contribution in [2.75, 3.05) is 13.6 Å². The van der Waals surface area contributed by atoms with Gasteiger partial charge < -0.3 is 5.32 Å². The van der Waals surface area contributed by atoms with E-state index in [1.807, 2.05) is 13.1 Å². The predicted octanol–water partition coefficient (Wildman–Crippen LogP) is 1.07. The molecule has 0 amide bonds. The summed E-state index contributed by atoms with van der Waals surface area (Å²) in [4.78, 5) is 4.44. The van der Waals surface area contributed by atoms with Gasteiger partial charge in [-0.05, 0) is 19.2 Å². The summed E-state index contributed by atoms with van der Waals surface area (Å²) in [5, 5.41) is 9.71. The monoisotopic (exact) mass is 301 g/mol. The van der Waals surface area contributed by atoms with Crippen LogP contribution in [-0.4, -0.2) is 27.0 Å². The summed E-state index contributed by atoms with van der Waals surface area (Å²) in [6, 6.07) is 6.74. The lowest BCUT2D eigenvalue weighted by Gasteiger charge is -2.08. The quantitative estimate of drug-likeness (QED) is 0.884. The van der Waals surface area contributed by atoms with Crippen molar-refractivity contribution in [2.45, 2.75) is 11.3 Å². The molecule has 0 saturated heterocycles. The van der Waals surface area contributed by atoms with Gasteiger partial charge in [0, 0.05) is 35.6 Å². The molecule has 0 aliphatic carbocycles. The third kappa shape index (κ3) is 3.42. The molecule has 0 aliphatic heterocycles. The normalized spacial score (nSPS) is 11.3. The van der Waals surface area contributed by atoms with Crippen LogP contribution in [0.5, 0.6) is 0 Å². The number of aromatic nitrogens is 1. The molecule has 0 radical (unpaired) electrons. The Morgan fingerprint density at radius 1 is 1.26 bits per heavy atom. The van der Waals surface area contributed by atoms with Crippen LogP contribution in [0.25, 0.3) is 10.8 Å². The Bertz CT molecular complexity index is 674. The number of likely N-dealkylation sites (N-methyl/N-ethyl adjacent to an activating group) is 1. The summed E-state index contributed by atoms with van der Waals surface area (Å²) in [5.74, 6) is 0. The maximum absolute atomic E-state index is 11.5. The van der Waals surface area contributed by atoms with Gasteiger partial charge in [0.05, 0.1) is 4.90 Å². The molecule has 0 aliphatic rings. The fourth-order valence-electron chi connectivity index (χ4n) is 1.93. The minimum Gasteiger partial charge on any atom is -0.319 e. The topological polar surface area (TPSA) is 85.1 Å². The number of nitrogens with one attached hydrogen (secondary N) is 1. The highest BCUT2D eigenvalue weighted by Crippen LogP contribution is 2.23. The first kappa shape index (κ1) is 15.8. The molecule has 0 unspecified atom stereocenters. The Labute approximate surface area is 118 Å². The second-order valence-corrected chi connectivity index (χ2v) is 5.54. The van der Waals surface area contributed by atoms with Crippen LogP contribution in [0.15, 0.2) is 35.4 Å². The lowest BCUT2D eigenvalue weighted by atomic mass is 10.1. The summed E-state index contributed by atoms with van der Waals surface area (Å²) in [6.07, 6.45) is 2.35. The average molecular weight is 302 g/mol. The van der Waals surface area contributed by atoms with Crippen molar-refractivity contribution in [3.8, 4) is 0 Å². The van der Waals surface area contributed by atoms with Crippen molar-refractivity contribution in [1.82, 2.24) is 10.3 Å². The number of pyridine rings is 1. The summed E-state index contributed by atoms with van der Waals surface area (Å²) in [7, 11) is -1.85. The van der Waals surface area contributed by atoms with E-state index < -0.39 is 10.0 Å². The zero-order valence-electron chi connectivity index (χ0n) is 10.5. The predicted molar refractivity (Wildman–Crippen MR) is 78.0 cm³/mol. The van der Waals surface area contributed by atoms with Crippen molar-refractivity contribution in [1.29, 1.82) is 0 Å². The Balaban J connectivity index is 0.00000180. The number of hydrogen-bond donors (Lipinski definition) is 2. The van der Waals surface area contributed by atoms with Gasteiger partial charge in [-0.3, -0.25) is 4.98 Å². The molecule has 5 nitrogen and oxygen atoms in total. The van der Waals surface area contributed by atoms with Crippen molar-refractivity contribution in [2.24, 2.45) is 5.14 Å². The van der Waals surface area contributed by atoms with E-state index in [4.69, 9.17) is 5.14 Å². The van der Waals surface area contributed by atoms with Crippen molar-refractivity contribution in [3.05, 3.63) is 36.2 Å². The highest BCUT2D eigenvalue weighted by atomic mass is 35.5. The third-order valence-corrected chi connectivity index (χ3v) is 3.74. The van der Waals surface area contributed by atoms with Gasteiger partial charge in [-0.25, -0.2) is 13.6 Å². The van der Waals surface area contributed by atoms with Gasteiger partial charge in [0.1, 0.15) is 0 Å². The summed E-state index contributed by atoms with van der Waals surface area (Å²) >= 11 is 0. The first-order valence-corrected chi connectivity index (χ1v) is 7.12. The second-order valence-electron chi connectivity index (χ2n) is 4.01. The first-order valence-electron chi connectivity index (χ1n) is 5.58. The molecule has 3 N–H and O–H groups in total. The second kappa shape index (κ2) is 6.29. The molecule has 104 valence electrons. The highest BCUT2D eigenvalue weighted by Gasteiger charge is 2.13. The third-order valence-electron chi connectivity index (χ3n) is 2.77. The smallest absolute Gasteiger partial charge is 0.238 e. The van der Waals surface area contributed by atoms with Gasteiger partial charge in [-0.15, -0.1) is 12.4 Å². The lowest BCUT2D eigenvalue weighted by molar-refractivity contribution is 0.598. The first-order chi connectivity index (χ1) is 8.54. The van der Waals surface area contributed by atoms with Crippen LogP contribution < -0.4 is 10.5 Å². The zero-order chi connectivity index (χ0) is 13.2. The fraction of sp³-hybridized carbons (Fsp3) is 0.250. The maximum Gasteiger partial charge on any atom is 0.238 e. The largest absolute Gasteiger partial charge is 0.319 e. The van der Waals surface area contributed by atoms with Gasteiger partial charge in [0.25, 0.3) is 0 Å². The van der Waals surface area contributed by atoms with E-state index in [1.165, 1.54) is 6.07 Å². The van der Waals surface area contributed by atoms with E-state index in [-0.39, 0.29) is 17.3 Å². The zero-order valence-corrected chi connectivity index (χ0v) is 12.1. The van der Waals surface area contributed by atoms with Gasteiger partial charge >= 0.3 is 0 Å². The molecule has 2 aromatic rings. The number of benzene rings is 1. The molecule has 7 heteroatoms. The molecule has 1 heterocycles. The molecule has 0 atom stereocenters. The van der Waals surface area contributed by atoms with Gasteiger partial charge in [0.15, 0.2) is 0 Å². The molecule has 0 bridgehead atoms. The molecule has 0 spiro atoms. The minimum atomic E-state index is -3.71. The SMILES string of the molecule is CNCCc1nccc2c(S(N)(=O)=O)cccc12.Cl. The summed E-state index contributed by atoms with van der Waals surface area (Å²) in [5.41, 5.74) is 0.868. The highest BCUT2D eigenvalue weighted by molar-refractivity contribution is 7.89. The Morgan fingerprint density at radius 2 is 2.00 bits per heavy atom. The molecular weight excluding hydrogens is 286 g/mol. The van der Waals surface area contributed by atoms with Gasteiger partial charge in [-0.2, -0.15) is 0 Å². The number of nitrogens with two attached hydrogens (primary N) is 1. The van der Waals surface area contributed by atoms with E-state index in [0.717, 1.165) is 24.0 Å². The maximum atomic E-state index is 11.5. The molecule has 1 aromatic carbocycles. The number of halogens is 1. The molecular formula is C12H16ClN3O2S. The van der Waals surface area contributed by atoms with Crippen LogP contribution in [0.3, 0.4) is 0 Å². The standard InChI is InChI=1S/C12H15N3O2S.ClH/c1-14-7-6-11-9-3-2-4-12(18(13,16)17)10(9)5-8-15-11;/h2-5,8,14H,6-7H2,1H3,(H2,13,16,17);1H. The fourth-order valence-corrected chi connectivity index (χ4v) is 2.68. The van der Waals surface area contributed by atoms with Crippen molar-refractivity contribution >= 4 is 33.2 Å². The Morgan fingerprint density at radius 3 is 2.63 bits per heavy atom. The van der Waals surface area contributed by atoms with Crippen molar-refractivity contribution < 1.29 is 8.42 Å². The number of hydrogen-bond acceptors (Lipinski definition) is 4.